The molecule has 1 atom stereocenters. The molecule has 0 aliphatic rings. The number of carbonyl (C=O) groups is 1. The van der Waals surface area contributed by atoms with Crippen molar-refractivity contribution in [3.8, 4) is 5.69 Å². The van der Waals surface area contributed by atoms with Crippen molar-refractivity contribution in [3.63, 3.8) is 0 Å². The van der Waals surface area contributed by atoms with Crippen LogP contribution in [0.1, 0.15) is 28.7 Å². The van der Waals surface area contributed by atoms with Gasteiger partial charge in [-0.25, -0.2) is 0 Å². The zero-order valence-electron chi connectivity index (χ0n) is 12.1. The number of carbonyl (C=O) groups excluding carboxylic acids is 1. The van der Waals surface area contributed by atoms with E-state index >= 15 is 0 Å². The van der Waals surface area contributed by atoms with Gasteiger partial charge >= 0.3 is 0 Å². The number of aliphatic hydroxyl groups excluding tert-OH is 1. The van der Waals surface area contributed by atoms with E-state index in [-0.39, 0.29) is 18.6 Å². The van der Waals surface area contributed by atoms with Gasteiger partial charge in [0, 0.05) is 23.1 Å². The Morgan fingerprint density at radius 2 is 1.95 bits per heavy atom. The Kier molecular flexibility index (Phi) is 4.25. The van der Waals surface area contributed by atoms with Gasteiger partial charge < -0.3 is 15.0 Å². The van der Waals surface area contributed by atoms with Gasteiger partial charge in [0.1, 0.15) is 0 Å². The molecule has 0 bridgehead atoms. The van der Waals surface area contributed by atoms with Gasteiger partial charge in [0.2, 0.25) is 0 Å². The largest absolute Gasteiger partial charge is 0.394 e. The van der Waals surface area contributed by atoms with Crippen molar-refractivity contribution in [2.45, 2.75) is 26.8 Å². The smallest absolute Gasteiger partial charge is 0.253 e. The highest BCUT2D eigenvalue weighted by Gasteiger charge is 2.17. The molecule has 0 spiro atoms. The van der Waals surface area contributed by atoms with E-state index < -0.39 is 0 Å². The Morgan fingerprint density at radius 3 is 2.55 bits per heavy atom. The summed E-state index contributed by atoms with van der Waals surface area (Å²) in [5.41, 5.74) is 3.59. The molecule has 1 amide bonds. The monoisotopic (exact) mass is 272 g/mol. The van der Waals surface area contributed by atoms with E-state index in [0.29, 0.717) is 5.56 Å². The summed E-state index contributed by atoms with van der Waals surface area (Å²) in [7, 11) is 0. The van der Waals surface area contributed by atoms with E-state index in [1.54, 1.807) is 6.92 Å². The summed E-state index contributed by atoms with van der Waals surface area (Å²) >= 11 is 0. The van der Waals surface area contributed by atoms with E-state index in [4.69, 9.17) is 5.11 Å². The zero-order valence-corrected chi connectivity index (χ0v) is 12.1. The van der Waals surface area contributed by atoms with Gasteiger partial charge in [0.25, 0.3) is 5.91 Å². The van der Waals surface area contributed by atoms with Gasteiger partial charge in [-0.3, -0.25) is 4.79 Å². The number of benzene rings is 1. The Balaban J connectivity index is 2.37. The molecule has 106 valence electrons. The molecule has 1 aromatic carbocycles. The van der Waals surface area contributed by atoms with Crippen molar-refractivity contribution < 1.29 is 9.90 Å². The number of hydrogen-bond donors (Lipinski definition) is 2. The predicted octanol–water partition coefficient (Wildman–Crippen LogP) is 2.20. The van der Waals surface area contributed by atoms with Crippen LogP contribution in [-0.4, -0.2) is 28.2 Å². The maximum atomic E-state index is 12.2. The molecule has 1 unspecified atom stereocenters. The van der Waals surface area contributed by atoms with Gasteiger partial charge in [-0.2, -0.15) is 0 Å². The Hall–Kier alpha value is -2.07. The molecule has 0 saturated heterocycles. The topological polar surface area (TPSA) is 54.3 Å². The molecule has 0 fully saturated rings. The molecule has 0 saturated carbocycles. The van der Waals surface area contributed by atoms with E-state index in [1.807, 2.05) is 50.2 Å². The highest BCUT2D eigenvalue weighted by atomic mass is 16.3. The third-order valence-electron chi connectivity index (χ3n) is 3.34. The average molecular weight is 272 g/mol. The summed E-state index contributed by atoms with van der Waals surface area (Å²) in [5.74, 6) is -0.151. The summed E-state index contributed by atoms with van der Waals surface area (Å²) in [6.45, 7) is 5.61. The highest BCUT2D eigenvalue weighted by Crippen LogP contribution is 2.20. The molecule has 4 nitrogen and oxygen atoms in total. The second kappa shape index (κ2) is 5.92. The second-order valence-corrected chi connectivity index (χ2v) is 5.01. The molecule has 2 aromatic rings. The fraction of sp³-hybridized carbons (Fsp3) is 0.312. The maximum Gasteiger partial charge on any atom is 0.253 e. The fourth-order valence-electron chi connectivity index (χ4n) is 2.31. The lowest BCUT2D eigenvalue weighted by Crippen LogP contribution is -2.35. The first kappa shape index (κ1) is 14.3. The number of aryl methyl sites for hydroxylation is 1. The third-order valence-corrected chi connectivity index (χ3v) is 3.34. The number of nitrogens with one attached hydrogen (secondary N) is 1. The minimum absolute atomic E-state index is 0.0663. The standard InChI is InChI=1S/C16H20N2O2/c1-11(10-19)17-16(20)15-9-12(2)18(13(15)3)14-7-5-4-6-8-14/h4-9,11,19H,10H2,1-3H3,(H,17,20). The van der Waals surface area contributed by atoms with Crippen LogP contribution in [0.5, 0.6) is 0 Å². The second-order valence-electron chi connectivity index (χ2n) is 5.01. The number of amides is 1. The van der Waals surface area contributed by atoms with Crippen molar-refractivity contribution >= 4 is 5.91 Å². The van der Waals surface area contributed by atoms with Crippen molar-refractivity contribution in [1.82, 2.24) is 9.88 Å². The summed E-state index contributed by atoms with van der Waals surface area (Å²) in [4.78, 5) is 12.2. The number of para-hydroxylation sites is 1. The van der Waals surface area contributed by atoms with Crippen LogP contribution >= 0.6 is 0 Å². The third kappa shape index (κ3) is 2.75. The van der Waals surface area contributed by atoms with Crippen LogP contribution in [0.2, 0.25) is 0 Å². The normalized spacial score (nSPS) is 12.2. The molecule has 0 aliphatic carbocycles. The van der Waals surface area contributed by atoms with Gasteiger partial charge in [0.15, 0.2) is 0 Å². The first-order valence-electron chi connectivity index (χ1n) is 6.70. The molecular weight excluding hydrogens is 252 g/mol. The van der Waals surface area contributed by atoms with Crippen LogP contribution in [0, 0.1) is 13.8 Å². The summed E-state index contributed by atoms with van der Waals surface area (Å²) in [5, 5.41) is 11.8. The SMILES string of the molecule is Cc1cc(C(=O)NC(C)CO)c(C)n1-c1ccccc1. The van der Waals surface area contributed by atoms with Gasteiger partial charge in [-0.05, 0) is 39.0 Å². The number of hydrogen-bond acceptors (Lipinski definition) is 2. The van der Waals surface area contributed by atoms with Crippen LogP contribution in [0.3, 0.4) is 0 Å². The molecule has 4 heteroatoms. The zero-order chi connectivity index (χ0) is 14.7. The number of nitrogens with zero attached hydrogens (tertiary/aromatic N) is 1. The van der Waals surface area contributed by atoms with E-state index in [0.717, 1.165) is 17.1 Å². The van der Waals surface area contributed by atoms with Crippen molar-refractivity contribution in [2.24, 2.45) is 0 Å². The first-order valence-corrected chi connectivity index (χ1v) is 6.70. The van der Waals surface area contributed by atoms with E-state index in [9.17, 15) is 4.79 Å². The minimum atomic E-state index is -0.248. The molecule has 0 aliphatic heterocycles. The van der Waals surface area contributed by atoms with Crippen LogP contribution < -0.4 is 5.32 Å². The molecule has 20 heavy (non-hydrogen) atoms. The van der Waals surface area contributed by atoms with E-state index in [2.05, 4.69) is 9.88 Å². The summed E-state index contributed by atoms with van der Waals surface area (Å²) in [6, 6.07) is 11.6. The molecule has 2 N–H and O–H groups in total. The first-order chi connectivity index (χ1) is 9.54. The van der Waals surface area contributed by atoms with Crippen molar-refractivity contribution in [1.29, 1.82) is 0 Å². The molecule has 0 radical (unpaired) electrons. The summed E-state index contributed by atoms with van der Waals surface area (Å²) in [6.07, 6.45) is 0. The fourth-order valence-corrected chi connectivity index (χ4v) is 2.31. The molecule has 1 aromatic heterocycles. The van der Waals surface area contributed by atoms with Crippen molar-refractivity contribution in [2.75, 3.05) is 6.61 Å². The Bertz CT molecular complexity index is 602. The lowest BCUT2D eigenvalue weighted by molar-refractivity contribution is 0.0921. The van der Waals surface area contributed by atoms with Gasteiger partial charge in [0.05, 0.1) is 12.2 Å². The quantitative estimate of drug-likeness (QED) is 0.896. The number of aromatic nitrogens is 1. The minimum Gasteiger partial charge on any atom is -0.394 e. The summed E-state index contributed by atoms with van der Waals surface area (Å²) < 4.78 is 2.05. The van der Waals surface area contributed by atoms with Crippen LogP contribution in [0.15, 0.2) is 36.4 Å². The highest BCUT2D eigenvalue weighted by molar-refractivity contribution is 5.96. The predicted molar refractivity (Wildman–Crippen MR) is 79.3 cm³/mol. The Morgan fingerprint density at radius 1 is 1.30 bits per heavy atom. The number of aliphatic hydroxyl groups is 1. The van der Waals surface area contributed by atoms with Crippen molar-refractivity contribution in [3.05, 3.63) is 53.3 Å². The number of rotatable bonds is 4. The van der Waals surface area contributed by atoms with E-state index in [1.165, 1.54) is 0 Å². The van der Waals surface area contributed by atoms with Crippen LogP contribution in [0.25, 0.3) is 5.69 Å². The Labute approximate surface area is 119 Å². The van der Waals surface area contributed by atoms with Gasteiger partial charge in [-0.1, -0.05) is 18.2 Å². The van der Waals surface area contributed by atoms with Gasteiger partial charge in [-0.15, -0.1) is 0 Å². The molecule has 1 heterocycles. The molecular formula is C16H20N2O2. The van der Waals surface area contributed by atoms with Crippen LogP contribution in [0.4, 0.5) is 0 Å². The maximum absolute atomic E-state index is 12.2. The lowest BCUT2D eigenvalue weighted by Gasteiger charge is -2.12. The molecule has 2 rings (SSSR count). The lowest BCUT2D eigenvalue weighted by atomic mass is 10.2. The average Bonchev–Trinajstić information content (AvgIpc) is 2.75. The van der Waals surface area contributed by atoms with Crippen LogP contribution in [-0.2, 0) is 0 Å².